The van der Waals surface area contributed by atoms with E-state index in [1.807, 2.05) is 0 Å². The quantitative estimate of drug-likeness (QED) is 0.350. The average Bonchev–Trinajstić information content (AvgIpc) is 3.26. The Labute approximate surface area is 193 Å². The van der Waals surface area contributed by atoms with Crippen LogP contribution in [0.4, 0.5) is 8.78 Å². The average molecular weight is 490 g/mol. The van der Waals surface area contributed by atoms with Gasteiger partial charge in [0, 0.05) is 35.3 Å². The number of nitrogens with zero attached hydrogens (tertiary/aromatic N) is 2. The first-order valence-corrected chi connectivity index (χ1v) is 11.7. The van der Waals surface area contributed by atoms with Crippen LogP contribution in [0.1, 0.15) is 15.9 Å². The molecule has 0 saturated heterocycles. The zero-order valence-corrected chi connectivity index (χ0v) is 18.7. The standard InChI is InChI=1S/C22H20F2N4O5S/c1-28(13-25)21(30)18(27-20(29)15-6-7-17-14(10-15)8-9-26-17)12-34(31,32)11-16-4-2-3-5-19(16)33-22(23)24/h2-10,18,22,26H,11-12H2,1H3,(H,27,29)/t18-/m0/s1. The molecule has 178 valence electrons. The first-order chi connectivity index (χ1) is 16.1. The highest BCUT2D eigenvalue weighted by Gasteiger charge is 2.31. The van der Waals surface area contributed by atoms with Crippen LogP contribution in [0.15, 0.2) is 54.7 Å². The second-order valence-electron chi connectivity index (χ2n) is 7.34. The Morgan fingerprint density at radius 2 is 1.94 bits per heavy atom. The molecule has 2 amide bonds. The molecule has 12 heteroatoms. The maximum atomic E-state index is 12.9. The fraction of sp³-hybridized carbons (Fsp3) is 0.227. The van der Waals surface area contributed by atoms with E-state index < -0.39 is 45.8 Å². The summed E-state index contributed by atoms with van der Waals surface area (Å²) in [5.74, 6) is -3.56. The van der Waals surface area contributed by atoms with Gasteiger partial charge in [-0.1, -0.05) is 18.2 Å². The number of fused-ring (bicyclic) bond motifs is 1. The second-order valence-corrected chi connectivity index (χ2v) is 9.45. The maximum Gasteiger partial charge on any atom is 0.387 e. The van der Waals surface area contributed by atoms with Gasteiger partial charge in [-0.15, -0.1) is 0 Å². The van der Waals surface area contributed by atoms with E-state index in [4.69, 9.17) is 5.26 Å². The number of para-hydroxylation sites is 1. The number of hydrogen-bond donors (Lipinski definition) is 2. The van der Waals surface area contributed by atoms with E-state index in [0.717, 1.165) is 18.0 Å². The van der Waals surface area contributed by atoms with Crippen LogP contribution < -0.4 is 10.1 Å². The topological polar surface area (TPSA) is 132 Å². The van der Waals surface area contributed by atoms with E-state index >= 15 is 0 Å². The van der Waals surface area contributed by atoms with E-state index in [9.17, 15) is 26.8 Å². The Balaban J connectivity index is 1.83. The van der Waals surface area contributed by atoms with Crippen LogP contribution in [0.5, 0.6) is 5.75 Å². The molecule has 0 aliphatic carbocycles. The van der Waals surface area contributed by atoms with Crippen LogP contribution in [0.2, 0.25) is 0 Å². The normalized spacial score (nSPS) is 12.2. The Morgan fingerprint density at radius 3 is 2.65 bits per heavy atom. The van der Waals surface area contributed by atoms with Crippen molar-refractivity contribution in [1.29, 1.82) is 5.26 Å². The number of halogens is 2. The molecule has 2 N–H and O–H groups in total. The summed E-state index contributed by atoms with van der Waals surface area (Å²) >= 11 is 0. The molecule has 3 aromatic rings. The van der Waals surface area contributed by atoms with Crippen molar-refractivity contribution < 1.29 is 31.5 Å². The van der Waals surface area contributed by atoms with E-state index in [1.165, 1.54) is 30.3 Å². The van der Waals surface area contributed by atoms with Gasteiger partial charge in [0.25, 0.3) is 11.8 Å². The number of carbonyl (C=O) groups excluding carboxylic acids is 2. The van der Waals surface area contributed by atoms with Crippen molar-refractivity contribution in [2.24, 2.45) is 0 Å². The van der Waals surface area contributed by atoms with Crippen LogP contribution in [0.3, 0.4) is 0 Å². The summed E-state index contributed by atoms with van der Waals surface area (Å²) in [4.78, 5) is 29.0. The molecule has 3 rings (SSSR count). The molecule has 0 saturated carbocycles. The van der Waals surface area contributed by atoms with Crippen molar-refractivity contribution in [3.05, 3.63) is 65.9 Å². The van der Waals surface area contributed by atoms with Gasteiger partial charge in [-0.05, 0) is 30.3 Å². The lowest BCUT2D eigenvalue weighted by Gasteiger charge is -2.20. The molecule has 0 spiro atoms. The zero-order valence-electron chi connectivity index (χ0n) is 17.9. The second kappa shape index (κ2) is 10.3. The number of alkyl halides is 2. The predicted molar refractivity (Wildman–Crippen MR) is 119 cm³/mol. The SMILES string of the molecule is CN(C#N)C(=O)[C@H](CS(=O)(=O)Cc1ccccc1OC(F)F)NC(=O)c1ccc2[nH]ccc2c1. The van der Waals surface area contributed by atoms with Crippen LogP contribution >= 0.6 is 0 Å². The number of aromatic nitrogens is 1. The van der Waals surface area contributed by atoms with Crippen molar-refractivity contribution >= 4 is 32.6 Å². The molecule has 34 heavy (non-hydrogen) atoms. The van der Waals surface area contributed by atoms with Crippen LogP contribution in [0, 0.1) is 11.5 Å². The Kier molecular flexibility index (Phi) is 7.47. The van der Waals surface area contributed by atoms with Gasteiger partial charge in [-0.3, -0.25) is 14.5 Å². The number of likely N-dealkylation sites (N-methyl/N-ethyl adjacent to an activating group) is 1. The molecule has 1 heterocycles. The number of ether oxygens (including phenoxy) is 1. The van der Waals surface area contributed by atoms with Crippen molar-refractivity contribution in [2.75, 3.05) is 12.8 Å². The summed E-state index contributed by atoms with van der Waals surface area (Å²) in [6.45, 7) is -3.15. The van der Waals surface area contributed by atoms with E-state index in [2.05, 4.69) is 15.0 Å². The monoisotopic (exact) mass is 490 g/mol. The van der Waals surface area contributed by atoms with Crippen LogP contribution in [0.25, 0.3) is 10.9 Å². The fourth-order valence-electron chi connectivity index (χ4n) is 3.28. The number of nitriles is 1. The van der Waals surface area contributed by atoms with Crippen molar-refractivity contribution in [2.45, 2.75) is 18.4 Å². The van der Waals surface area contributed by atoms with E-state index in [1.54, 1.807) is 30.6 Å². The summed E-state index contributed by atoms with van der Waals surface area (Å²) in [7, 11) is -3.00. The van der Waals surface area contributed by atoms with Gasteiger partial charge < -0.3 is 15.0 Å². The lowest BCUT2D eigenvalue weighted by molar-refractivity contribution is -0.128. The fourth-order valence-corrected chi connectivity index (χ4v) is 4.84. The lowest BCUT2D eigenvalue weighted by Crippen LogP contribution is -2.50. The molecule has 0 aliphatic heterocycles. The molecule has 0 aliphatic rings. The van der Waals surface area contributed by atoms with Gasteiger partial charge in [-0.2, -0.15) is 14.0 Å². The number of benzene rings is 2. The molecule has 1 aromatic heterocycles. The molecule has 9 nitrogen and oxygen atoms in total. The molecule has 1 atom stereocenters. The van der Waals surface area contributed by atoms with Crippen molar-refractivity contribution in [1.82, 2.24) is 15.2 Å². The summed E-state index contributed by atoms with van der Waals surface area (Å²) in [5, 5.41) is 12.2. The Bertz CT molecular complexity index is 1350. The van der Waals surface area contributed by atoms with Gasteiger partial charge in [0.1, 0.15) is 11.8 Å². The number of sulfone groups is 1. The summed E-state index contributed by atoms with van der Waals surface area (Å²) in [5.41, 5.74) is 0.921. The number of rotatable bonds is 9. The molecular formula is C22H20F2N4O5S. The van der Waals surface area contributed by atoms with Crippen molar-refractivity contribution in [3.8, 4) is 11.9 Å². The molecule has 2 aromatic carbocycles. The van der Waals surface area contributed by atoms with Gasteiger partial charge >= 0.3 is 6.61 Å². The van der Waals surface area contributed by atoms with Crippen LogP contribution in [-0.2, 0) is 20.4 Å². The molecule has 0 unspecified atom stereocenters. The number of carbonyl (C=O) groups is 2. The number of nitrogens with one attached hydrogen (secondary N) is 2. The number of amides is 2. The molecule has 0 fully saturated rings. The largest absolute Gasteiger partial charge is 0.435 e. The smallest absolute Gasteiger partial charge is 0.387 e. The van der Waals surface area contributed by atoms with Gasteiger partial charge in [0.2, 0.25) is 0 Å². The lowest BCUT2D eigenvalue weighted by atomic mass is 10.1. The highest BCUT2D eigenvalue weighted by Crippen LogP contribution is 2.23. The van der Waals surface area contributed by atoms with Crippen LogP contribution in [-0.4, -0.2) is 55.6 Å². The summed E-state index contributed by atoms with van der Waals surface area (Å²) in [6, 6.07) is 10.2. The molecular weight excluding hydrogens is 470 g/mol. The van der Waals surface area contributed by atoms with E-state index in [-0.39, 0.29) is 16.9 Å². The van der Waals surface area contributed by atoms with Gasteiger partial charge in [-0.25, -0.2) is 8.42 Å². The third kappa shape index (κ3) is 6.08. The van der Waals surface area contributed by atoms with E-state index in [0.29, 0.717) is 4.90 Å². The maximum absolute atomic E-state index is 12.9. The first-order valence-electron chi connectivity index (χ1n) is 9.88. The minimum Gasteiger partial charge on any atom is -0.435 e. The Hall–Kier alpha value is -3.98. The summed E-state index contributed by atoms with van der Waals surface area (Å²) < 4.78 is 55.4. The van der Waals surface area contributed by atoms with Crippen molar-refractivity contribution in [3.63, 3.8) is 0 Å². The number of hydrogen-bond acceptors (Lipinski definition) is 6. The molecule has 0 radical (unpaired) electrons. The minimum absolute atomic E-state index is 0.0353. The highest BCUT2D eigenvalue weighted by atomic mass is 32.2. The Morgan fingerprint density at radius 1 is 1.21 bits per heavy atom. The number of H-pyrrole nitrogens is 1. The predicted octanol–water partition coefficient (Wildman–Crippen LogP) is 2.42. The zero-order chi connectivity index (χ0) is 24.9. The van der Waals surface area contributed by atoms with Gasteiger partial charge in [0.05, 0.1) is 11.5 Å². The third-order valence-electron chi connectivity index (χ3n) is 4.88. The summed E-state index contributed by atoms with van der Waals surface area (Å²) in [6.07, 6.45) is 3.26. The minimum atomic E-state index is -4.13. The van der Waals surface area contributed by atoms with Gasteiger partial charge in [0.15, 0.2) is 16.0 Å². The third-order valence-corrected chi connectivity index (χ3v) is 6.48. The highest BCUT2D eigenvalue weighted by molar-refractivity contribution is 7.90. The molecule has 0 bridgehead atoms. The number of aromatic amines is 1. The first kappa shape index (κ1) is 24.7.